The largest absolute Gasteiger partial charge is 0.299 e. The number of likely N-dealkylation sites (tertiary alicyclic amines) is 1. The van der Waals surface area contributed by atoms with Crippen LogP contribution in [0.4, 0.5) is 5.13 Å². The average molecular weight is 426 g/mol. The number of nitrogens with one attached hydrogen (secondary N) is 1. The lowest BCUT2D eigenvalue weighted by Gasteiger charge is -2.30. The van der Waals surface area contributed by atoms with E-state index < -0.39 is 0 Å². The number of nitrogens with zero attached hydrogens (tertiary/aromatic N) is 2. The third-order valence-corrected chi connectivity index (χ3v) is 6.56. The van der Waals surface area contributed by atoms with Crippen LogP contribution in [0, 0.1) is 5.92 Å². The molecule has 1 aliphatic rings. The number of carbonyl (C=O) groups is 1. The zero-order valence-electron chi connectivity index (χ0n) is 16.4. The number of hydrogen-bond donors (Lipinski definition) is 1. The standard InChI is InChI=1S/C23H24ClN3OS/c1-16-10-12-27(13-11-16)15-17-6-8-20-21(14-17)29-23(25-20)26-22(28)9-7-18-4-2-3-5-19(18)24/h2-9,14,16H,10-13,15H2,1H3,(H,25,26,28)/b9-7+. The number of rotatable bonds is 5. The number of hydrogen-bond acceptors (Lipinski definition) is 4. The number of anilines is 1. The Kier molecular flexibility index (Phi) is 6.28. The third-order valence-electron chi connectivity index (χ3n) is 5.28. The molecule has 1 amide bonds. The van der Waals surface area contributed by atoms with E-state index in [1.54, 1.807) is 12.1 Å². The topological polar surface area (TPSA) is 45.2 Å². The van der Waals surface area contributed by atoms with Crippen molar-refractivity contribution in [1.82, 2.24) is 9.88 Å². The average Bonchev–Trinajstić information content (AvgIpc) is 3.10. The normalized spacial score (nSPS) is 15.9. The molecule has 1 aromatic heterocycles. The number of amides is 1. The molecule has 0 atom stereocenters. The van der Waals surface area contributed by atoms with Crippen molar-refractivity contribution in [3.63, 3.8) is 0 Å². The lowest BCUT2D eigenvalue weighted by Crippen LogP contribution is -2.32. The molecule has 150 valence electrons. The summed E-state index contributed by atoms with van der Waals surface area (Å²) in [5.41, 5.74) is 3.02. The first kappa shape index (κ1) is 20.1. The molecule has 0 aliphatic carbocycles. The lowest BCUT2D eigenvalue weighted by atomic mass is 9.99. The molecule has 1 fully saturated rings. The van der Waals surface area contributed by atoms with E-state index in [0.29, 0.717) is 10.2 Å². The van der Waals surface area contributed by atoms with Crippen LogP contribution in [0.2, 0.25) is 5.02 Å². The molecule has 1 aliphatic heterocycles. The van der Waals surface area contributed by atoms with E-state index in [-0.39, 0.29) is 5.91 Å². The van der Waals surface area contributed by atoms with Gasteiger partial charge in [-0.2, -0.15) is 0 Å². The maximum Gasteiger partial charge on any atom is 0.250 e. The van der Waals surface area contributed by atoms with E-state index in [0.717, 1.165) is 28.2 Å². The van der Waals surface area contributed by atoms with E-state index in [9.17, 15) is 4.79 Å². The molecule has 29 heavy (non-hydrogen) atoms. The summed E-state index contributed by atoms with van der Waals surface area (Å²) in [5.74, 6) is 0.625. The Labute approximate surface area is 180 Å². The van der Waals surface area contributed by atoms with Crippen LogP contribution in [0.5, 0.6) is 0 Å². The fourth-order valence-electron chi connectivity index (χ4n) is 3.52. The first-order chi connectivity index (χ1) is 14.1. The Bertz CT molecular complexity index is 1040. The van der Waals surface area contributed by atoms with Gasteiger partial charge in [-0.05, 0) is 67.3 Å². The number of piperidine rings is 1. The zero-order valence-corrected chi connectivity index (χ0v) is 18.0. The summed E-state index contributed by atoms with van der Waals surface area (Å²) >= 11 is 7.62. The van der Waals surface area contributed by atoms with Crippen molar-refractivity contribution in [1.29, 1.82) is 0 Å². The minimum Gasteiger partial charge on any atom is -0.299 e. The highest BCUT2D eigenvalue weighted by atomic mass is 35.5. The molecule has 2 heterocycles. The first-order valence-corrected chi connectivity index (χ1v) is 11.1. The molecule has 0 unspecified atom stereocenters. The molecule has 0 bridgehead atoms. The summed E-state index contributed by atoms with van der Waals surface area (Å²) in [4.78, 5) is 19.3. The summed E-state index contributed by atoms with van der Waals surface area (Å²) in [7, 11) is 0. The van der Waals surface area contributed by atoms with Gasteiger partial charge in [0.15, 0.2) is 5.13 Å². The number of fused-ring (bicyclic) bond motifs is 1. The predicted molar refractivity (Wildman–Crippen MR) is 122 cm³/mol. The van der Waals surface area contributed by atoms with Crippen molar-refractivity contribution < 1.29 is 4.79 Å². The van der Waals surface area contributed by atoms with Crippen LogP contribution < -0.4 is 5.32 Å². The maximum atomic E-state index is 12.2. The van der Waals surface area contributed by atoms with Gasteiger partial charge in [0.2, 0.25) is 5.91 Å². The monoisotopic (exact) mass is 425 g/mol. The van der Waals surface area contributed by atoms with Crippen LogP contribution in [0.25, 0.3) is 16.3 Å². The van der Waals surface area contributed by atoms with Crippen LogP contribution in [-0.2, 0) is 11.3 Å². The molecular formula is C23H24ClN3OS. The minimum absolute atomic E-state index is 0.216. The van der Waals surface area contributed by atoms with Crippen molar-refractivity contribution in [3.05, 3.63) is 64.7 Å². The molecule has 3 aromatic rings. The van der Waals surface area contributed by atoms with Crippen LogP contribution in [-0.4, -0.2) is 28.9 Å². The number of halogens is 1. The smallest absolute Gasteiger partial charge is 0.250 e. The fraction of sp³-hybridized carbons (Fsp3) is 0.304. The van der Waals surface area contributed by atoms with Crippen LogP contribution in [0.3, 0.4) is 0 Å². The highest BCUT2D eigenvalue weighted by molar-refractivity contribution is 7.22. The maximum absolute atomic E-state index is 12.2. The number of carbonyl (C=O) groups excluding carboxylic acids is 1. The Morgan fingerprint density at radius 3 is 2.86 bits per heavy atom. The second kappa shape index (κ2) is 9.08. The first-order valence-electron chi connectivity index (χ1n) is 9.92. The Hall–Kier alpha value is -2.21. The highest BCUT2D eigenvalue weighted by Crippen LogP contribution is 2.28. The molecule has 4 nitrogen and oxygen atoms in total. The van der Waals surface area contributed by atoms with Gasteiger partial charge in [-0.25, -0.2) is 4.98 Å². The van der Waals surface area contributed by atoms with Crippen molar-refractivity contribution in [3.8, 4) is 0 Å². The molecule has 1 N–H and O–H groups in total. The predicted octanol–water partition coefficient (Wildman–Crippen LogP) is 5.83. The molecular weight excluding hydrogens is 402 g/mol. The number of aromatic nitrogens is 1. The van der Waals surface area contributed by atoms with E-state index in [2.05, 4.69) is 34.3 Å². The molecule has 2 aromatic carbocycles. The van der Waals surface area contributed by atoms with Gasteiger partial charge in [0.05, 0.1) is 10.2 Å². The second-order valence-electron chi connectivity index (χ2n) is 7.62. The SMILES string of the molecule is CC1CCN(Cc2ccc3nc(NC(=O)/C=C/c4ccccc4Cl)sc3c2)CC1. The summed E-state index contributed by atoms with van der Waals surface area (Å²) < 4.78 is 1.10. The van der Waals surface area contributed by atoms with Gasteiger partial charge in [0.25, 0.3) is 0 Å². The van der Waals surface area contributed by atoms with Crippen LogP contribution >= 0.6 is 22.9 Å². The van der Waals surface area contributed by atoms with Gasteiger partial charge in [-0.3, -0.25) is 15.0 Å². The van der Waals surface area contributed by atoms with Crippen molar-refractivity contribution in [2.45, 2.75) is 26.3 Å². The highest BCUT2D eigenvalue weighted by Gasteiger charge is 2.16. The van der Waals surface area contributed by atoms with Gasteiger partial charge in [-0.15, -0.1) is 0 Å². The molecule has 6 heteroatoms. The van der Waals surface area contributed by atoms with E-state index >= 15 is 0 Å². The molecule has 1 saturated heterocycles. The molecule has 0 saturated carbocycles. The molecule has 0 radical (unpaired) electrons. The van der Waals surface area contributed by atoms with Crippen molar-refractivity contribution >= 4 is 50.3 Å². The van der Waals surface area contributed by atoms with Gasteiger partial charge in [0, 0.05) is 17.6 Å². The van der Waals surface area contributed by atoms with E-state index in [4.69, 9.17) is 11.6 Å². The Morgan fingerprint density at radius 2 is 2.07 bits per heavy atom. The minimum atomic E-state index is -0.216. The quantitative estimate of drug-likeness (QED) is 0.523. The third kappa shape index (κ3) is 5.24. The summed E-state index contributed by atoms with van der Waals surface area (Å²) in [5, 5.41) is 4.08. The fourth-order valence-corrected chi connectivity index (χ4v) is 4.65. The van der Waals surface area contributed by atoms with Crippen molar-refractivity contribution in [2.75, 3.05) is 18.4 Å². The van der Waals surface area contributed by atoms with Gasteiger partial charge in [-0.1, -0.05) is 54.1 Å². The summed E-state index contributed by atoms with van der Waals surface area (Å²) in [6, 6.07) is 13.8. The second-order valence-corrected chi connectivity index (χ2v) is 9.06. The number of thiazole rings is 1. The lowest BCUT2D eigenvalue weighted by molar-refractivity contribution is -0.111. The Morgan fingerprint density at radius 1 is 1.28 bits per heavy atom. The van der Waals surface area contributed by atoms with E-state index in [1.165, 1.54) is 48.9 Å². The van der Waals surface area contributed by atoms with Gasteiger partial charge < -0.3 is 0 Å². The zero-order chi connectivity index (χ0) is 20.2. The van der Waals surface area contributed by atoms with E-state index in [1.807, 2.05) is 24.3 Å². The number of benzene rings is 2. The molecule has 4 rings (SSSR count). The Balaban J connectivity index is 1.41. The summed E-state index contributed by atoms with van der Waals surface area (Å²) in [6.45, 7) is 5.64. The van der Waals surface area contributed by atoms with Crippen molar-refractivity contribution in [2.24, 2.45) is 5.92 Å². The molecule has 0 spiro atoms. The van der Waals surface area contributed by atoms with Gasteiger partial charge in [0.1, 0.15) is 0 Å². The van der Waals surface area contributed by atoms with Crippen LogP contribution in [0.15, 0.2) is 48.5 Å². The summed E-state index contributed by atoms with van der Waals surface area (Å²) in [6.07, 6.45) is 5.75. The van der Waals surface area contributed by atoms with Gasteiger partial charge >= 0.3 is 0 Å². The van der Waals surface area contributed by atoms with Crippen LogP contribution in [0.1, 0.15) is 30.9 Å².